The molecule has 0 bridgehead atoms. The van der Waals surface area contributed by atoms with Gasteiger partial charge in [-0.3, -0.25) is 4.98 Å². The Balaban J connectivity index is 2.36. The van der Waals surface area contributed by atoms with Gasteiger partial charge in [0.2, 0.25) is 0 Å². The zero-order valence-corrected chi connectivity index (χ0v) is 11.8. The van der Waals surface area contributed by atoms with E-state index in [1.807, 2.05) is 24.0 Å². The van der Waals surface area contributed by atoms with Gasteiger partial charge >= 0.3 is 0 Å². The average molecular weight is 260 g/mol. The predicted octanol–water partition coefficient (Wildman–Crippen LogP) is 3.64. The van der Waals surface area contributed by atoms with Crippen LogP contribution in [0.3, 0.4) is 0 Å². The molecular formula is C15H20N2S. The molecular weight excluding hydrogens is 240 g/mol. The first-order valence-corrected chi connectivity index (χ1v) is 7.67. The summed E-state index contributed by atoms with van der Waals surface area (Å²) in [6, 6.07) is 11.0. The molecule has 0 aliphatic carbocycles. The van der Waals surface area contributed by atoms with Crippen LogP contribution >= 0.6 is 11.8 Å². The molecule has 1 unspecified atom stereocenters. The summed E-state index contributed by atoms with van der Waals surface area (Å²) in [6.07, 6.45) is 1.86. The lowest BCUT2D eigenvalue weighted by Gasteiger charge is -2.19. The van der Waals surface area contributed by atoms with E-state index in [2.05, 4.69) is 48.4 Å². The zero-order chi connectivity index (χ0) is 12.8. The lowest BCUT2D eigenvalue weighted by Crippen LogP contribution is -2.23. The van der Waals surface area contributed by atoms with Gasteiger partial charge < -0.3 is 5.32 Å². The van der Waals surface area contributed by atoms with Crippen molar-refractivity contribution in [2.24, 2.45) is 0 Å². The van der Waals surface area contributed by atoms with E-state index in [1.54, 1.807) is 0 Å². The Morgan fingerprint density at radius 1 is 1.22 bits per heavy atom. The van der Waals surface area contributed by atoms with Crippen molar-refractivity contribution in [1.82, 2.24) is 10.3 Å². The van der Waals surface area contributed by atoms with Gasteiger partial charge in [0.05, 0.1) is 5.52 Å². The normalized spacial score (nSPS) is 12.8. The van der Waals surface area contributed by atoms with Gasteiger partial charge in [-0.05, 0) is 30.0 Å². The maximum Gasteiger partial charge on any atom is 0.0705 e. The molecule has 0 radical (unpaired) electrons. The maximum absolute atomic E-state index is 4.43. The second-order valence-corrected chi connectivity index (χ2v) is 5.51. The molecule has 0 saturated heterocycles. The second-order valence-electron chi connectivity index (χ2n) is 4.19. The van der Waals surface area contributed by atoms with Crippen LogP contribution < -0.4 is 5.32 Å². The lowest BCUT2D eigenvalue weighted by molar-refractivity contribution is 0.610. The minimum atomic E-state index is 0.410. The summed E-state index contributed by atoms with van der Waals surface area (Å²) < 4.78 is 0. The van der Waals surface area contributed by atoms with Crippen LogP contribution in [-0.4, -0.2) is 23.0 Å². The van der Waals surface area contributed by atoms with E-state index in [0.717, 1.165) is 23.6 Å². The Labute approximate surface area is 113 Å². The van der Waals surface area contributed by atoms with Gasteiger partial charge in [0, 0.05) is 23.4 Å². The molecule has 0 spiro atoms. The minimum absolute atomic E-state index is 0.410. The van der Waals surface area contributed by atoms with Crippen molar-refractivity contribution in [3.63, 3.8) is 0 Å². The van der Waals surface area contributed by atoms with E-state index in [0.29, 0.717) is 6.04 Å². The van der Waals surface area contributed by atoms with Crippen molar-refractivity contribution in [2.45, 2.75) is 19.9 Å². The van der Waals surface area contributed by atoms with Crippen molar-refractivity contribution in [3.8, 4) is 0 Å². The number of hydrogen-bond donors (Lipinski definition) is 1. The fourth-order valence-electron chi connectivity index (χ4n) is 2.17. The van der Waals surface area contributed by atoms with Gasteiger partial charge in [0.15, 0.2) is 0 Å². The molecule has 1 N–H and O–H groups in total. The van der Waals surface area contributed by atoms with E-state index < -0.39 is 0 Å². The maximum atomic E-state index is 4.43. The average Bonchev–Trinajstić information content (AvgIpc) is 2.43. The van der Waals surface area contributed by atoms with Gasteiger partial charge in [-0.1, -0.05) is 32.0 Å². The molecule has 0 aliphatic heterocycles. The number of hydrogen-bond acceptors (Lipinski definition) is 3. The molecule has 0 saturated carbocycles. The summed E-state index contributed by atoms with van der Waals surface area (Å²) in [5.41, 5.74) is 2.45. The summed E-state index contributed by atoms with van der Waals surface area (Å²) >= 11 is 1.98. The van der Waals surface area contributed by atoms with Crippen LogP contribution in [0.1, 0.15) is 25.5 Å². The third-order valence-corrected chi connectivity index (χ3v) is 3.97. The minimum Gasteiger partial charge on any atom is -0.309 e. The first-order valence-electron chi connectivity index (χ1n) is 6.51. The van der Waals surface area contributed by atoms with Crippen molar-refractivity contribution in [2.75, 3.05) is 18.1 Å². The highest BCUT2D eigenvalue weighted by atomic mass is 32.2. The number of benzene rings is 1. The van der Waals surface area contributed by atoms with Crippen LogP contribution in [0.5, 0.6) is 0 Å². The molecule has 18 heavy (non-hydrogen) atoms. The largest absolute Gasteiger partial charge is 0.309 e. The third kappa shape index (κ3) is 3.03. The number of pyridine rings is 1. The van der Waals surface area contributed by atoms with Gasteiger partial charge in [-0.15, -0.1) is 0 Å². The molecule has 2 aromatic rings. The van der Waals surface area contributed by atoms with Gasteiger partial charge in [0.25, 0.3) is 0 Å². The number of aromatic nitrogens is 1. The Kier molecular flexibility index (Phi) is 5.02. The fourth-order valence-corrected chi connectivity index (χ4v) is 2.94. The van der Waals surface area contributed by atoms with Crippen LogP contribution in [0.4, 0.5) is 0 Å². The number of rotatable bonds is 6. The number of fused-ring (bicyclic) bond motifs is 1. The second kappa shape index (κ2) is 6.76. The smallest absolute Gasteiger partial charge is 0.0705 e. The van der Waals surface area contributed by atoms with Crippen molar-refractivity contribution >= 4 is 22.7 Å². The molecule has 1 atom stereocenters. The van der Waals surface area contributed by atoms with E-state index in [1.165, 1.54) is 10.9 Å². The molecule has 0 amide bonds. The lowest BCUT2D eigenvalue weighted by atomic mass is 10.0. The molecule has 1 heterocycles. The van der Waals surface area contributed by atoms with Crippen molar-refractivity contribution in [3.05, 3.63) is 42.1 Å². The van der Waals surface area contributed by atoms with E-state index in [9.17, 15) is 0 Å². The van der Waals surface area contributed by atoms with E-state index >= 15 is 0 Å². The molecule has 2 rings (SSSR count). The quantitative estimate of drug-likeness (QED) is 0.858. The molecule has 3 heteroatoms. The predicted molar refractivity (Wildman–Crippen MR) is 81.2 cm³/mol. The summed E-state index contributed by atoms with van der Waals surface area (Å²) in [5, 5.41) is 4.84. The van der Waals surface area contributed by atoms with Crippen LogP contribution in [0.25, 0.3) is 10.9 Å². The molecule has 1 aromatic carbocycles. The Hall–Kier alpha value is -1.06. The highest BCUT2D eigenvalue weighted by Gasteiger charge is 2.13. The summed E-state index contributed by atoms with van der Waals surface area (Å²) in [5.74, 6) is 2.27. The van der Waals surface area contributed by atoms with Crippen molar-refractivity contribution in [1.29, 1.82) is 0 Å². The summed E-state index contributed by atoms with van der Waals surface area (Å²) in [4.78, 5) is 4.43. The van der Waals surface area contributed by atoms with Crippen LogP contribution in [-0.2, 0) is 0 Å². The first kappa shape index (κ1) is 13.4. The SMILES string of the molecule is CCNC(CSCC)c1cccc2ncccc12. The van der Waals surface area contributed by atoms with Crippen LogP contribution in [0.2, 0.25) is 0 Å². The Morgan fingerprint density at radius 2 is 2.11 bits per heavy atom. The molecule has 1 aromatic heterocycles. The topological polar surface area (TPSA) is 24.9 Å². The van der Waals surface area contributed by atoms with Gasteiger partial charge in [-0.2, -0.15) is 11.8 Å². The van der Waals surface area contributed by atoms with Gasteiger partial charge in [0.1, 0.15) is 0 Å². The molecule has 96 valence electrons. The molecule has 0 fully saturated rings. The first-order chi connectivity index (χ1) is 8.86. The fraction of sp³-hybridized carbons (Fsp3) is 0.400. The molecule has 2 nitrogen and oxygen atoms in total. The zero-order valence-electron chi connectivity index (χ0n) is 11.0. The molecule has 0 aliphatic rings. The van der Waals surface area contributed by atoms with Crippen LogP contribution in [0.15, 0.2) is 36.5 Å². The Bertz CT molecular complexity index is 493. The van der Waals surface area contributed by atoms with Crippen LogP contribution in [0, 0.1) is 0 Å². The number of nitrogens with zero attached hydrogens (tertiary/aromatic N) is 1. The summed E-state index contributed by atoms with van der Waals surface area (Å²) in [7, 11) is 0. The van der Waals surface area contributed by atoms with Crippen molar-refractivity contribution < 1.29 is 0 Å². The van der Waals surface area contributed by atoms with Gasteiger partial charge in [-0.25, -0.2) is 0 Å². The standard InChI is InChI=1S/C15H20N2S/c1-3-16-15(11-18-4-2)13-7-5-9-14-12(13)8-6-10-17-14/h5-10,15-16H,3-4,11H2,1-2H3. The monoisotopic (exact) mass is 260 g/mol. The Morgan fingerprint density at radius 3 is 2.89 bits per heavy atom. The number of nitrogens with one attached hydrogen (secondary N) is 1. The third-order valence-electron chi connectivity index (χ3n) is 2.99. The van der Waals surface area contributed by atoms with E-state index in [-0.39, 0.29) is 0 Å². The number of thioether (sulfide) groups is 1. The highest BCUT2D eigenvalue weighted by molar-refractivity contribution is 7.99. The van der Waals surface area contributed by atoms with E-state index in [4.69, 9.17) is 0 Å². The highest BCUT2D eigenvalue weighted by Crippen LogP contribution is 2.25. The summed E-state index contributed by atoms with van der Waals surface area (Å²) in [6.45, 7) is 5.36.